The van der Waals surface area contributed by atoms with E-state index in [0.717, 1.165) is 5.56 Å². The van der Waals surface area contributed by atoms with Gasteiger partial charge in [-0.3, -0.25) is 28.9 Å². The maximum absolute atomic E-state index is 13.9. The SMILES string of the molecule is COc1ccc(-c2ccc(O)c3c2CC2CC4C(N(C)C)C(=O)C(C(N)=O)C(=O)C4(O)C(=O)C2C3=O)cc1. The van der Waals surface area contributed by atoms with E-state index in [1.165, 1.54) is 11.0 Å². The summed E-state index contributed by atoms with van der Waals surface area (Å²) in [5, 5.41) is 22.3. The first-order valence-electron chi connectivity index (χ1n) is 12.3. The van der Waals surface area contributed by atoms with Gasteiger partial charge < -0.3 is 20.7 Å². The number of amides is 1. The molecule has 3 aliphatic carbocycles. The molecule has 10 nitrogen and oxygen atoms in total. The molecule has 0 radical (unpaired) electrons. The molecule has 0 heterocycles. The number of aromatic hydroxyl groups is 1. The van der Waals surface area contributed by atoms with E-state index in [1.807, 2.05) is 12.1 Å². The van der Waals surface area contributed by atoms with Gasteiger partial charge in [0.25, 0.3) is 0 Å². The maximum atomic E-state index is 13.9. The number of nitrogens with two attached hydrogens (primary N) is 1. The molecule has 6 unspecified atom stereocenters. The number of benzene rings is 2. The molecule has 10 heteroatoms. The van der Waals surface area contributed by atoms with Crippen LogP contribution in [0.3, 0.4) is 0 Å². The number of rotatable bonds is 4. The van der Waals surface area contributed by atoms with Gasteiger partial charge >= 0.3 is 0 Å². The van der Waals surface area contributed by atoms with E-state index in [0.29, 0.717) is 16.9 Å². The third-order valence-electron chi connectivity index (χ3n) is 8.35. The highest BCUT2D eigenvalue weighted by Crippen LogP contribution is 2.51. The fraction of sp³-hybridized carbons (Fsp3) is 0.393. The number of fused-ring (bicyclic) bond motifs is 3. The predicted octanol–water partition coefficient (Wildman–Crippen LogP) is 0.543. The van der Waals surface area contributed by atoms with Crippen molar-refractivity contribution in [2.24, 2.45) is 29.4 Å². The lowest BCUT2D eigenvalue weighted by atomic mass is 9.52. The summed E-state index contributed by atoms with van der Waals surface area (Å²) in [6, 6.07) is 9.09. The van der Waals surface area contributed by atoms with Gasteiger partial charge in [-0.2, -0.15) is 0 Å². The van der Waals surface area contributed by atoms with Crippen molar-refractivity contribution in [2.45, 2.75) is 24.5 Å². The Balaban J connectivity index is 1.64. The number of phenols is 1. The predicted molar refractivity (Wildman–Crippen MR) is 133 cm³/mol. The zero-order valence-corrected chi connectivity index (χ0v) is 21.1. The molecule has 198 valence electrons. The molecule has 3 aliphatic rings. The Hall–Kier alpha value is -3.89. The van der Waals surface area contributed by atoms with Crippen LogP contribution >= 0.6 is 0 Å². The van der Waals surface area contributed by atoms with Gasteiger partial charge in [-0.1, -0.05) is 18.2 Å². The van der Waals surface area contributed by atoms with Crippen molar-refractivity contribution >= 4 is 29.0 Å². The molecule has 0 saturated heterocycles. The number of nitrogens with zero attached hydrogens (tertiary/aromatic N) is 1. The van der Waals surface area contributed by atoms with Crippen molar-refractivity contribution in [1.29, 1.82) is 0 Å². The Morgan fingerprint density at radius 1 is 1.05 bits per heavy atom. The second kappa shape index (κ2) is 8.85. The quantitative estimate of drug-likeness (QED) is 0.488. The molecule has 4 N–H and O–H groups in total. The van der Waals surface area contributed by atoms with Crippen LogP contribution in [0.25, 0.3) is 11.1 Å². The summed E-state index contributed by atoms with van der Waals surface area (Å²) in [6.45, 7) is 0. The van der Waals surface area contributed by atoms with Gasteiger partial charge in [0.05, 0.1) is 24.6 Å². The van der Waals surface area contributed by atoms with Crippen molar-refractivity contribution in [1.82, 2.24) is 4.90 Å². The average Bonchev–Trinajstić information content (AvgIpc) is 2.86. The molecule has 1 amide bonds. The number of carbonyl (C=O) groups is 5. The Morgan fingerprint density at radius 2 is 1.71 bits per heavy atom. The summed E-state index contributed by atoms with van der Waals surface area (Å²) < 4.78 is 5.22. The molecule has 0 spiro atoms. The normalized spacial score (nSPS) is 30.5. The second-order valence-corrected chi connectivity index (χ2v) is 10.5. The van der Waals surface area contributed by atoms with Crippen LogP contribution in [-0.4, -0.2) is 77.0 Å². The zero-order valence-electron chi connectivity index (χ0n) is 21.1. The molecule has 0 aromatic heterocycles. The van der Waals surface area contributed by atoms with E-state index in [1.54, 1.807) is 39.4 Å². The number of phenolic OH excluding ortho intramolecular Hbond substituents is 1. The van der Waals surface area contributed by atoms with E-state index >= 15 is 0 Å². The topological polar surface area (TPSA) is 164 Å². The van der Waals surface area contributed by atoms with Gasteiger partial charge in [-0.25, -0.2) is 0 Å². The monoisotopic (exact) mass is 520 g/mol. The van der Waals surface area contributed by atoms with E-state index in [4.69, 9.17) is 10.5 Å². The summed E-state index contributed by atoms with van der Waals surface area (Å²) in [6.07, 6.45) is 0.198. The summed E-state index contributed by atoms with van der Waals surface area (Å²) in [7, 11) is 4.65. The standard InChI is InChI=1S/C28H28N2O8/c1-30(2)22-17-11-13-10-16-15(12-4-6-14(38-3)7-5-12)8-9-18(31)20(16)23(32)19(13)25(34)28(17,37)26(35)21(24(22)33)27(29)36/h4-9,13,17,19,21-22,31,37H,10-11H2,1-3H3,(H2,29,36). The summed E-state index contributed by atoms with van der Waals surface area (Å²) >= 11 is 0. The molecule has 2 saturated carbocycles. The first kappa shape index (κ1) is 25.7. The van der Waals surface area contributed by atoms with Crippen LogP contribution in [-0.2, 0) is 25.6 Å². The largest absolute Gasteiger partial charge is 0.507 e. The molecule has 0 aliphatic heterocycles. The fourth-order valence-corrected chi connectivity index (χ4v) is 6.65. The smallest absolute Gasteiger partial charge is 0.235 e. The van der Waals surface area contributed by atoms with E-state index in [-0.39, 0.29) is 24.2 Å². The van der Waals surface area contributed by atoms with E-state index in [2.05, 4.69) is 0 Å². The van der Waals surface area contributed by atoms with Crippen molar-refractivity contribution < 1.29 is 38.9 Å². The Labute approximate surface area is 218 Å². The molecule has 2 aromatic rings. The Kier molecular flexibility index (Phi) is 6.00. The Bertz CT molecular complexity index is 1400. The number of primary amides is 1. The van der Waals surface area contributed by atoms with Gasteiger partial charge in [0.15, 0.2) is 34.7 Å². The molecule has 2 aromatic carbocycles. The number of hydrogen-bond donors (Lipinski definition) is 3. The molecule has 2 fully saturated rings. The van der Waals surface area contributed by atoms with Crippen molar-refractivity contribution in [3.05, 3.63) is 47.5 Å². The molecular weight excluding hydrogens is 492 g/mol. The third-order valence-corrected chi connectivity index (χ3v) is 8.35. The van der Waals surface area contributed by atoms with Crippen LogP contribution < -0.4 is 10.5 Å². The van der Waals surface area contributed by atoms with Gasteiger partial charge in [-0.05, 0) is 67.7 Å². The van der Waals surface area contributed by atoms with Crippen LogP contribution in [0.2, 0.25) is 0 Å². The summed E-state index contributed by atoms with van der Waals surface area (Å²) in [5.41, 5.74) is 4.57. The molecule has 38 heavy (non-hydrogen) atoms. The number of Topliss-reactive ketones (excluding diaryl/α,β-unsaturated/α-hetero) is 4. The number of likely N-dealkylation sites (N-methyl/N-ethyl adjacent to an activating group) is 1. The number of carbonyl (C=O) groups excluding carboxylic acids is 5. The minimum absolute atomic E-state index is 0.00159. The van der Waals surface area contributed by atoms with Crippen LogP contribution in [0, 0.1) is 23.7 Å². The summed E-state index contributed by atoms with van der Waals surface area (Å²) in [4.78, 5) is 67.7. The van der Waals surface area contributed by atoms with Crippen molar-refractivity contribution in [3.63, 3.8) is 0 Å². The highest BCUT2D eigenvalue weighted by Gasteiger charge is 2.69. The van der Waals surface area contributed by atoms with Gasteiger partial charge in [-0.15, -0.1) is 0 Å². The molecule has 5 rings (SSSR count). The lowest BCUT2D eigenvalue weighted by Gasteiger charge is -2.52. The second-order valence-electron chi connectivity index (χ2n) is 10.5. The highest BCUT2D eigenvalue weighted by atomic mass is 16.5. The number of hydrogen-bond acceptors (Lipinski definition) is 9. The van der Waals surface area contributed by atoms with Crippen LogP contribution in [0.4, 0.5) is 0 Å². The number of aliphatic hydroxyl groups is 1. The van der Waals surface area contributed by atoms with Crippen LogP contribution in [0.1, 0.15) is 22.3 Å². The minimum Gasteiger partial charge on any atom is -0.507 e. The van der Waals surface area contributed by atoms with Crippen molar-refractivity contribution in [3.8, 4) is 22.6 Å². The van der Waals surface area contributed by atoms with Gasteiger partial charge in [0, 0.05) is 5.92 Å². The number of methoxy groups -OCH3 is 1. The minimum atomic E-state index is -2.74. The van der Waals surface area contributed by atoms with E-state index < -0.39 is 64.4 Å². The fourth-order valence-electron chi connectivity index (χ4n) is 6.65. The highest BCUT2D eigenvalue weighted by molar-refractivity contribution is 6.32. The molecular formula is C28H28N2O8. The van der Waals surface area contributed by atoms with Gasteiger partial charge in [0.1, 0.15) is 11.5 Å². The van der Waals surface area contributed by atoms with Gasteiger partial charge in [0.2, 0.25) is 5.91 Å². The molecule has 6 atom stereocenters. The summed E-state index contributed by atoms with van der Waals surface area (Å²) in [5.74, 6) is -9.96. The van der Waals surface area contributed by atoms with Crippen molar-refractivity contribution in [2.75, 3.05) is 21.2 Å². The number of ether oxygens (including phenoxy) is 1. The molecule has 0 bridgehead atoms. The number of ketones is 4. The Morgan fingerprint density at radius 3 is 2.29 bits per heavy atom. The average molecular weight is 521 g/mol. The van der Waals surface area contributed by atoms with E-state index in [9.17, 15) is 34.2 Å². The van der Waals surface area contributed by atoms with Crippen LogP contribution in [0.5, 0.6) is 11.5 Å². The third kappa shape index (κ3) is 3.44. The first-order chi connectivity index (χ1) is 17.9. The lowest BCUT2D eigenvalue weighted by molar-refractivity contribution is -0.181. The zero-order chi connectivity index (χ0) is 27.7. The first-order valence-corrected chi connectivity index (χ1v) is 12.3. The maximum Gasteiger partial charge on any atom is 0.235 e. The van der Waals surface area contributed by atoms with Crippen LogP contribution in [0.15, 0.2) is 36.4 Å². The lowest BCUT2D eigenvalue weighted by Crippen LogP contribution is -2.74.